The third kappa shape index (κ3) is 5.85. The molecule has 1 rings (SSSR count). The van der Waals surface area contributed by atoms with Gasteiger partial charge in [-0.15, -0.1) is 0 Å². The van der Waals surface area contributed by atoms with Crippen LogP contribution in [-0.2, 0) is 4.79 Å². The third-order valence-corrected chi connectivity index (χ3v) is 3.92. The molecule has 1 aliphatic carbocycles. The van der Waals surface area contributed by atoms with Crippen molar-refractivity contribution in [1.29, 1.82) is 0 Å². The summed E-state index contributed by atoms with van der Waals surface area (Å²) in [5.41, 5.74) is 0. The van der Waals surface area contributed by atoms with E-state index in [1.807, 2.05) is 6.92 Å². The molecule has 18 heavy (non-hydrogen) atoms. The zero-order valence-electron chi connectivity index (χ0n) is 12.5. The van der Waals surface area contributed by atoms with Gasteiger partial charge in [-0.3, -0.25) is 4.79 Å². The van der Waals surface area contributed by atoms with Crippen molar-refractivity contribution in [3.8, 4) is 0 Å². The number of carbonyl (C=O) groups is 1. The molecule has 1 saturated carbocycles. The Morgan fingerprint density at radius 1 is 1.17 bits per heavy atom. The number of hydrogen-bond donors (Lipinski definition) is 2. The van der Waals surface area contributed by atoms with E-state index in [-0.39, 0.29) is 11.9 Å². The van der Waals surface area contributed by atoms with Gasteiger partial charge in [0.25, 0.3) is 0 Å². The average molecular weight is 254 g/mol. The van der Waals surface area contributed by atoms with E-state index in [9.17, 15) is 4.79 Å². The van der Waals surface area contributed by atoms with Crippen LogP contribution in [0.4, 0.5) is 0 Å². The van der Waals surface area contributed by atoms with Gasteiger partial charge in [0.1, 0.15) is 0 Å². The molecule has 0 aromatic rings. The molecule has 0 saturated heterocycles. The zero-order valence-corrected chi connectivity index (χ0v) is 12.5. The summed E-state index contributed by atoms with van der Waals surface area (Å²) in [6.45, 7) is 9.44. The summed E-state index contributed by atoms with van der Waals surface area (Å²) in [6.07, 6.45) is 6.06. The first kappa shape index (κ1) is 15.5. The van der Waals surface area contributed by atoms with E-state index in [1.165, 1.54) is 25.7 Å². The van der Waals surface area contributed by atoms with Crippen molar-refractivity contribution < 1.29 is 4.79 Å². The molecule has 0 aliphatic heterocycles. The lowest BCUT2D eigenvalue weighted by Gasteiger charge is -2.29. The predicted octanol–water partition coefficient (Wildman–Crippen LogP) is 2.71. The molecule has 2 N–H and O–H groups in total. The Morgan fingerprint density at radius 3 is 2.33 bits per heavy atom. The number of nitrogens with one attached hydrogen (secondary N) is 2. The van der Waals surface area contributed by atoms with Crippen LogP contribution in [0.3, 0.4) is 0 Å². The zero-order chi connectivity index (χ0) is 13.5. The van der Waals surface area contributed by atoms with Crippen molar-refractivity contribution in [2.75, 3.05) is 6.54 Å². The van der Waals surface area contributed by atoms with Crippen molar-refractivity contribution in [3.05, 3.63) is 0 Å². The van der Waals surface area contributed by atoms with Gasteiger partial charge in [-0.25, -0.2) is 0 Å². The van der Waals surface area contributed by atoms with E-state index in [4.69, 9.17) is 0 Å². The Balaban J connectivity index is 2.18. The fourth-order valence-corrected chi connectivity index (χ4v) is 2.49. The monoisotopic (exact) mass is 254 g/mol. The van der Waals surface area contributed by atoms with Crippen molar-refractivity contribution in [1.82, 2.24) is 10.6 Å². The second-order valence-electron chi connectivity index (χ2n) is 6.32. The van der Waals surface area contributed by atoms with E-state index in [2.05, 4.69) is 31.4 Å². The van der Waals surface area contributed by atoms with E-state index in [0.717, 1.165) is 18.9 Å². The van der Waals surface area contributed by atoms with E-state index in [0.29, 0.717) is 12.0 Å². The minimum atomic E-state index is -0.0597. The average Bonchev–Trinajstić information content (AvgIpc) is 2.31. The first-order chi connectivity index (χ1) is 8.49. The summed E-state index contributed by atoms with van der Waals surface area (Å²) in [5.74, 6) is 1.65. The SMILES string of the molecule is CC(C)CCNC(=O)C(C)NC1CCC(C)CC1. The largest absolute Gasteiger partial charge is 0.355 e. The fraction of sp³-hybridized carbons (Fsp3) is 0.933. The minimum absolute atomic E-state index is 0.0597. The van der Waals surface area contributed by atoms with Gasteiger partial charge in [0.2, 0.25) is 5.91 Å². The highest BCUT2D eigenvalue weighted by molar-refractivity contribution is 5.81. The van der Waals surface area contributed by atoms with Gasteiger partial charge in [-0.05, 0) is 50.9 Å². The quantitative estimate of drug-likeness (QED) is 0.765. The van der Waals surface area contributed by atoms with Gasteiger partial charge in [0.15, 0.2) is 0 Å². The van der Waals surface area contributed by atoms with Crippen LogP contribution in [-0.4, -0.2) is 24.5 Å². The lowest BCUT2D eigenvalue weighted by molar-refractivity contribution is -0.123. The molecule has 1 atom stereocenters. The molecule has 0 bridgehead atoms. The first-order valence-electron chi connectivity index (χ1n) is 7.52. The number of amides is 1. The second kappa shape index (κ2) is 7.78. The van der Waals surface area contributed by atoms with Crippen molar-refractivity contribution in [2.45, 2.75) is 71.9 Å². The van der Waals surface area contributed by atoms with Crippen molar-refractivity contribution in [3.63, 3.8) is 0 Å². The van der Waals surface area contributed by atoms with Crippen LogP contribution >= 0.6 is 0 Å². The molecule has 106 valence electrons. The fourth-order valence-electron chi connectivity index (χ4n) is 2.49. The standard InChI is InChI=1S/C15H30N2O/c1-11(2)9-10-16-15(18)13(4)17-14-7-5-12(3)6-8-14/h11-14,17H,5-10H2,1-4H3,(H,16,18). The molecule has 0 aromatic carbocycles. The highest BCUT2D eigenvalue weighted by Gasteiger charge is 2.21. The Morgan fingerprint density at radius 2 is 1.78 bits per heavy atom. The maximum absolute atomic E-state index is 11.9. The molecular weight excluding hydrogens is 224 g/mol. The van der Waals surface area contributed by atoms with Gasteiger partial charge in [-0.2, -0.15) is 0 Å². The lowest BCUT2D eigenvalue weighted by atomic mass is 9.87. The smallest absolute Gasteiger partial charge is 0.236 e. The van der Waals surface area contributed by atoms with Crippen molar-refractivity contribution in [2.24, 2.45) is 11.8 Å². The normalized spacial score (nSPS) is 26.1. The Hall–Kier alpha value is -0.570. The van der Waals surface area contributed by atoms with Crippen LogP contribution in [0.5, 0.6) is 0 Å². The highest BCUT2D eigenvalue weighted by atomic mass is 16.2. The highest BCUT2D eigenvalue weighted by Crippen LogP contribution is 2.23. The van der Waals surface area contributed by atoms with Gasteiger partial charge in [0, 0.05) is 12.6 Å². The Bertz CT molecular complexity index is 245. The van der Waals surface area contributed by atoms with Crippen LogP contribution < -0.4 is 10.6 Å². The molecule has 1 amide bonds. The van der Waals surface area contributed by atoms with E-state index >= 15 is 0 Å². The number of hydrogen-bond acceptors (Lipinski definition) is 2. The molecule has 0 aromatic heterocycles. The third-order valence-electron chi connectivity index (χ3n) is 3.92. The topological polar surface area (TPSA) is 41.1 Å². The van der Waals surface area contributed by atoms with Gasteiger partial charge in [-0.1, -0.05) is 20.8 Å². The molecule has 0 radical (unpaired) electrons. The predicted molar refractivity (Wildman–Crippen MR) is 76.5 cm³/mol. The van der Waals surface area contributed by atoms with Gasteiger partial charge < -0.3 is 10.6 Å². The van der Waals surface area contributed by atoms with Gasteiger partial charge >= 0.3 is 0 Å². The van der Waals surface area contributed by atoms with Crippen molar-refractivity contribution >= 4 is 5.91 Å². The summed E-state index contributed by atoms with van der Waals surface area (Å²) in [5, 5.41) is 6.48. The number of carbonyl (C=O) groups excluding carboxylic acids is 1. The summed E-state index contributed by atoms with van der Waals surface area (Å²) in [7, 11) is 0. The van der Waals surface area contributed by atoms with E-state index < -0.39 is 0 Å². The number of rotatable bonds is 6. The molecular formula is C15H30N2O. The molecule has 1 fully saturated rings. The molecule has 3 heteroatoms. The molecule has 3 nitrogen and oxygen atoms in total. The van der Waals surface area contributed by atoms with Crippen LogP contribution in [0, 0.1) is 11.8 Å². The second-order valence-corrected chi connectivity index (χ2v) is 6.32. The summed E-state index contributed by atoms with van der Waals surface area (Å²) >= 11 is 0. The first-order valence-corrected chi connectivity index (χ1v) is 7.52. The molecule has 0 spiro atoms. The summed E-state index contributed by atoms with van der Waals surface area (Å²) < 4.78 is 0. The Kier molecular flexibility index (Phi) is 6.69. The maximum Gasteiger partial charge on any atom is 0.236 e. The van der Waals surface area contributed by atoms with Crippen LogP contribution in [0.1, 0.15) is 59.8 Å². The summed E-state index contributed by atoms with van der Waals surface area (Å²) in [6, 6.07) is 0.475. The summed E-state index contributed by atoms with van der Waals surface area (Å²) in [4.78, 5) is 11.9. The maximum atomic E-state index is 11.9. The van der Waals surface area contributed by atoms with Crippen LogP contribution in [0.2, 0.25) is 0 Å². The van der Waals surface area contributed by atoms with Crippen LogP contribution in [0.25, 0.3) is 0 Å². The van der Waals surface area contributed by atoms with Crippen LogP contribution in [0.15, 0.2) is 0 Å². The minimum Gasteiger partial charge on any atom is -0.355 e. The molecule has 1 unspecified atom stereocenters. The Labute approximate surface area is 112 Å². The van der Waals surface area contributed by atoms with Gasteiger partial charge in [0.05, 0.1) is 6.04 Å². The molecule has 0 heterocycles. The van der Waals surface area contributed by atoms with E-state index in [1.54, 1.807) is 0 Å². The lowest BCUT2D eigenvalue weighted by Crippen LogP contribution is -2.47. The molecule has 1 aliphatic rings.